The predicted molar refractivity (Wildman–Crippen MR) is 41.7 cm³/mol. The fraction of sp³-hybridized carbons (Fsp3) is 1.00. The van der Waals surface area contributed by atoms with Crippen LogP contribution in [0.3, 0.4) is 0 Å². The van der Waals surface area contributed by atoms with Crippen molar-refractivity contribution in [3.05, 3.63) is 0 Å². The molecule has 2 fully saturated rings. The van der Waals surface area contributed by atoms with Crippen molar-refractivity contribution < 1.29 is 0 Å². The van der Waals surface area contributed by atoms with Gasteiger partial charge >= 0.3 is 0 Å². The summed E-state index contributed by atoms with van der Waals surface area (Å²) in [5, 5.41) is 3.36. The summed E-state index contributed by atoms with van der Waals surface area (Å²) < 4.78 is 0. The smallest absolute Gasteiger partial charge is 0.00962 e. The van der Waals surface area contributed by atoms with Crippen molar-refractivity contribution in [1.29, 1.82) is 0 Å². The van der Waals surface area contributed by atoms with Crippen molar-refractivity contribution in [3.63, 3.8) is 0 Å². The molecule has 0 aromatic carbocycles. The van der Waals surface area contributed by atoms with E-state index in [4.69, 9.17) is 5.73 Å². The largest absolute Gasteiger partial charge is 0.327 e. The maximum Gasteiger partial charge on any atom is 0.00962 e. The maximum absolute atomic E-state index is 5.91. The first-order chi connectivity index (χ1) is 4.81. The van der Waals surface area contributed by atoms with Crippen LogP contribution in [-0.4, -0.2) is 19.1 Å². The van der Waals surface area contributed by atoms with E-state index in [1.807, 2.05) is 0 Å². The van der Waals surface area contributed by atoms with Gasteiger partial charge in [-0.25, -0.2) is 0 Å². The van der Waals surface area contributed by atoms with Gasteiger partial charge in [-0.1, -0.05) is 0 Å². The second-order valence-corrected chi connectivity index (χ2v) is 3.79. The first-order valence-electron chi connectivity index (χ1n) is 4.24. The van der Waals surface area contributed by atoms with Gasteiger partial charge in [0.25, 0.3) is 0 Å². The molecule has 0 radical (unpaired) electrons. The van der Waals surface area contributed by atoms with E-state index in [0.29, 0.717) is 6.04 Å². The third kappa shape index (κ3) is 0.789. The zero-order valence-electron chi connectivity index (χ0n) is 6.51. The van der Waals surface area contributed by atoms with Crippen LogP contribution in [0.2, 0.25) is 0 Å². The molecule has 0 aromatic heterocycles. The number of nitrogens with two attached hydrogens (primary N) is 1. The van der Waals surface area contributed by atoms with E-state index in [9.17, 15) is 0 Å². The normalized spacial score (nSPS) is 52.2. The minimum absolute atomic E-state index is 0.523. The van der Waals surface area contributed by atoms with Gasteiger partial charge in [-0.3, -0.25) is 0 Å². The molecule has 0 saturated heterocycles. The Bertz CT molecular complexity index is 133. The molecule has 0 aromatic rings. The van der Waals surface area contributed by atoms with Gasteiger partial charge in [-0.2, -0.15) is 0 Å². The second-order valence-electron chi connectivity index (χ2n) is 3.79. The topological polar surface area (TPSA) is 38.0 Å². The van der Waals surface area contributed by atoms with Gasteiger partial charge in [0.05, 0.1) is 0 Å². The third-order valence-corrected chi connectivity index (χ3v) is 3.28. The minimum atomic E-state index is 0.523. The van der Waals surface area contributed by atoms with Crippen LogP contribution in [0.25, 0.3) is 0 Å². The average molecular weight is 140 g/mol. The summed E-state index contributed by atoms with van der Waals surface area (Å²) in [6.07, 6.45) is 3.96. The fourth-order valence-corrected chi connectivity index (χ4v) is 2.67. The highest BCUT2D eigenvalue weighted by Gasteiger charge is 2.43. The molecule has 2 rings (SSSR count). The average Bonchev–Trinajstić information content (AvgIpc) is 2.44. The van der Waals surface area contributed by atoms with Crippen molar-refractivity contribution in [1.82, 2.24) is 5.32 Å². The van der Waals surface area contributed by atoms with Crippen LogP contribution in [0.4, 0.5) is 0 Å². The standard InChI is InChI=1S/C8H16N2/c1-10-8-4-5-2-6(8)3-7(5)9/h5-8,10H,2-4,9H2,1H3. The molecule has 0 aliphatic heterocycles. The van der Waals surface area contributed by atoms with Crippen molar-refractivity contribution in [2.24, 2.45) is 17.6 Å². The van der Waals surface area contributed by atoms with Gasteiger partial charge in [0, 0.05) is 12.1 Å². The summed E-state index contributed by atoms with van der Waals surface area (Å²) in [6, 6.07) is 1.30. The summed E-state index contributed by atoms with van der Waals surface area (Å²) in [6.45, 7) is 0. The molecule has 4 atom stereocenters. The van der Waals surface area contributed by atoms with Crippen LogP contribution in [0.1, 0.15) is 19.3 Å². The Balaban J connectivity index is 2.02. The molecule has 0 amide bonds. The maximum atomic E-state index is 5.91. The van der Waals surface area contributed by atoms with Gasteiger partial charge in [0.1, 0.15) is 0 Å². The Hall–Kier alpha value is -0.0800. The Morgan fingerprint density at radius 2 is 2.00 bits per heavy atom. The first-order valence-corrected chi connectivity index (χ1v) is 4.24. The first kappa shape index (κ1) is 6.62. The van der Waals surface area contributed by atoms with Gasteiger partial charge in [0.2, 0.25) is 0 Å². The third-order valence-electron chi connectivity index (χ3n) is 3.28. The summed E-state index contributed by atoms with van der Waals surface area (Å²) >= 11 is 0. The van der Waals surface area contributed by atoms with E-state index in [1.165, 1.54) is 19.3 Å². The molecule has 0 heterocycles. The van der Waals surface area contributed by atoms with E-state index in [0.717, 1.165) is 17.9 Å². The Morgan fingerprint density at radius 3 is 2.40 bits per heavy atom. The fourth-order valence-electron chi connectivity index (χ4n) is 2.67. The number of fused-ring (bicyclic) bond motifs is 2. The van der Waals surface area contributed by atoms with E-state index in [1.54, 1.807) is 0 Å². The van der Waals surface area contributed by atoms with Crippen LogP contribution in [-0.2, 0) is 0 Å². The van der Waals surface area contributed by atoms with Crippen molar-refractivity contribution in [2.75, 3.05) is 7.05 Å². The lowest BCUT2D eigenvalue weighted by molar-refractivity contribution is 0.340. The van der Waals surface area contributed by atoms with Crippen molar-refractivity contribution >= 4 is 0 Å². The molecule has 2 heteroatoms. The van der Waals surface area contributed by atoms with Gasteiger partial charge in [0.15, 0.2) is 0 Å². The van der Waals surface area contributed by atoms with E-state index >= 15 is 0 Å². The Kier molecular flexibility index (Phi) is 1.46. The molecule has 2 bridgehead atoms. The molecule has 3 N–H and O–H groups in total. The second kappa shape index (κ2) is 2.21. The van der Waals surface area contributed by atoms with Crippen LogP contribution in [0.15, 0.2) is 0 Å². The molecule has 4 unspecified atom stereocenters. The number of hydrogen-bond acceptors (Lipinski definition) is 2. The van der Waals surface area contributed by atoms with E-state index in [2.05, 4.69) is 12.4 Å². The molecule has 2 aliphatic carbocycles. The van der Waals surface area contributed by atoms with Crippen LogP contribution in [0, 0.1) is 11.8 Å². The zero-order chi connectivity index (χ0) is 7.14. The highest BCUT2D eigenvalue weighted by Crippen LogP contribution is 2.43. The number of rotatable bonds is 1. The molecular weight excluding hydrogens is 124 g/mol. The Morgan fingerprint density at radius 1 is 1.20 bits per heavy atom. The van der Waals surface area contributed by atoms with Crippen LogP contribution in [0.5, 0.6) is 0 Å². The molecule has 2 saturated carbocycles. The molecule has 10 heavy (non-hydrogen) atoms. The van der Waals surface area contributed by atoms with Crippen LogP contribution < -0.4 is 11.1 Å². The van der Waals surface area contributed by atoms with Gasteiger partial charge < -0.3 is 11.1 Å². The van der Waals surface area contributed by atoms with Crippen molar-refractivity contribution in [2.45, 2.75) is 31.3 Å². The van der Waals surface area contributed by atoms with Gasteiger partial charge in [-0.15, -0.1) is 0 Å². The zero-order valence-corrected chi connectivity index (χ0v) is 6.51. The lowest BCUT2D eigenvalue weighted by Gasteiger charge is -2.24. The molecule has 2 nitrogen and oxygen atoms in total. The number of hydrogen-bond donors (Lipinski definition) is 2. The van der Waals surface area contributed by atoms with Gasteiger partial charge in [-0.05, 0) is 38.1 Å². The van der Waals surface area contributed by atoms with Crippen molar-refractivity contribution in [3.8, 4) is 0 Å². The highest BCUT2D eigenvalue weighted by molar-refractivity contribution is 4.99. The van der Waals surface area contributed by atoms with Crippen LogP contribution >= 0.6 is 0 Å². The lowest BCUT2D eigenvalue weighted by atomic mass is 9.92. The van der Waals surface area contributed by atoms with E-state index in [-0.39, 0.29) is 0 Å². The van der Waals surface area contributed by atoms with E-state index < -0.39 is 0 Å². The summed E-state index contributed by atoms with van der Waals surface area (Å²) in [5.41, 5.74) is 5.91. The Labute approximate surface area is 62.2 Å². The lowest BCUT2D eigenvalue weighted by Crippen LogP contribution is -2.37. The monoisotopic (exact) mass is 140 g/mol. The highest BCUT2D eigenvalue weighted by atomic mass is 14.9. The SMILES string of the molecule is CNC1CC2CC1CC2N. The molecule has 2 aliphatic rings. The summed E-state index contributed by atoms with van der Waals surface area (Å²) in [5.74, 6) is 1.73. The summed E-state index contributed by atoms with van der Waals surface area (Å²) in [7, 11) is 2.07. The molecule has 58 valence electrons. The summed E-state index contributed by atoms with van der Waals surface area (Å²) in [4.78, 5) is 0. The molecular formula is C8H16N2. The number of nitrogens with one attached hydrogen (secondary N) is 1. The quantitative estimate of drug-likeness (QED) is 0.551. The molecule has 0 spiro atoms. The minimum Gasteiger partial charge on any atom is -0.327 e. The predicted octanol–water partition coefficient (Wildman–Crippen LogP) is 0.332.